The van der Waals surface area contributed by atoms with Gasteiger partial charge in [0.1, 0.15) is 36.0 Å². The van der Waals surface area contributed by atoms with E-state index in [-0.39, 0.29) is 22.8 Å². The van der Waals surface area contributed by atoms with Crippen LogP contribution in [0.4, 0.5) is 5.82 Å². The molecular formula is C30H35N5O6. The molecule has 41 heavy (non-hydrogen) atoms. The second kappa shape index (κ2) is 9.37. The van der Waals surface area contributed by atoms with Crippen LogP contribution in [0.2, 0.25) is 0 Å². The van der Waals surface area contributed by atoms with Gasteiger partial charge in [-0.1, -0.05) is 18.9 Å². The zero-order chi connectivity index (χ0) is 28.7. The molecule has 0 amide bonds. The second-order valence-electron chi connectivity index (χ2n) is 12.4. The number of phenols is 1. The van der Waals surface area contributed by atoms with Crippen molar-refractivity contribution in [3.8, 4) is 17.6 Å². The van der Waals surface area contributed by atoms with E-state index in [1.165, 1.54) is 22.0 Å². The van der Waals surface area contributed by atoms with Crippen LogP contribution >= 0.6 is 0 Å². The van der Waals surface area contributed by atoms with Crippen molar-refractivity contribution < 1.29 is 30.3 Å². The molecule has 2 aromatic heterocycles. The standard InChI is InChI=1S/C30H35N5O6/c1-29-9-6-18-17-5-3-16(37)12-15(17)2-4-19(18)20(29)7-10-30(29,40)11-8-22-34-23-26(31)32-14-33-27(23)35(22)28-25(39)24(38)21(13-36)41-28/h3,5,12,14,18-21,24-25,28,36-40H,2,4,6-7,9-10,13H2,1H3,(H2,31,32,33)/t18-,19-,20+,21+,24+,25+,28+,29+,30-/m1/s1. The highest BCUT2D eigenvalue weighted by Gasteiger charge is 2.61. The lowest BCUT2D eigenvalue weighted by Crippen LogP contribution is -2.50. The maximum atomic E-state index is 12.1. The fraction of sp³-hybridized carbons (Fsp3) is 0.567. The fourth-order valence-electron chi connectivity index (χ4n) is 8.30. The molecule has 1 aliphatic heterocycles. The normalized spacial score (nSPS) is 37.7. The van der Waals surface area contributed by atoms with Crippen LogP contribution in [0.3, 0.4) is 0 Å². The van der Waals surface area contributed by atoms with Crippen LogP contribution in [0.1, 0.15) is 68.1 Å². The lowest BCUT2D eigenvalue weighted by Gasteiger charge is -2.52. The molecule has 216 valence electrons. The fourth-order valence-corrected chi connectivity index (χ4v) is 8.30. The molecule has 0 bridgehead atoms. The van der Waals surface area contributed by atoms with Gasteiger partial charge < -0.3 is 36.0 Å². The highest BCUT2D eigenvalue weighted by Crippen LogP contribution is 2.64. The van der Waals surface area contributed by atoms with Gasteiger partial charge in [0.05, 0.1) is 6.61 Å². The molecule has 7 rings (SSSR count). The van der Waals surface area contributed by atoms with Crippen molar-refractivity contribution >= 4 is 17.0 Å². The van der Waals surface area contributed by atoms with Crippen LogP contribution in [0, 0.1) is 29.1 Å². The number of aliphatic hydroxyl groups excluding tert-OH is 3. The number of imidazole rings is 1. The SMILES string of the molecule is C[C@]12CC[C@@H]3c4ccc(O)cc4CC[C@H]3[C@@H]1CC[C@@]2(O)C#Cc1nc2c(N)ncnc2n1[C@H]1O[C@@H](CO)[C@H](O)[C@@H]1O. The second-order valence-corrected chi connectivity index (χ2v) is 12.4. The molecule has 1 aromatic carbocycles. The van der Waals surface area contributed by atoms with Gasteiger partial charge in [-0.15, -0.1) is 0 Å². The van der Waals surface area contributed by atoms with Crippen molar-refractivity contribution in [3.63, 3.8) is 0 Å². The number of phenolic OH excluding ortho intramolecular Hbond substituents is 1. The summed E-state index contributed by atoms with van der Waals surface area (Å²) in [4.78, 5) is 12.9. The van der Waals surface area contributed by atoms with E-state index in [4.69, 9.17) is 10.5 Å². The highest BCUT2D eigenvalue weighted by atomic mass is 16.6. The van der Waals surface area contributed by atoms with Gasteiger partial charge in [-0.25, -0.2) is 15.0 Å². The third kappa shape index (κ3) is 3.82. The van der Waals surface area contributed by atoms with Crippen LogP contribution in [0.15, 0.2) is 24.5 Å². The van der Waals surface area contributed by atoms with Gasteiger partial charge in [0.25, 0.3) is 0 Å². The van der Waals surface area contributed by atoms with Crippen molar-refractivity contribution in [3.05, 3.63) is 41.5 Å². The topological polar surface area (TPSA) is 180 Å². The summed E-state index contributed by atoms with van der Waals surface area (Å²) >= 11 is 0. The van der Waals surface area contributed by atoms with E-state index in [2.05, 4.69) is 39.8 Å². The van der Waals surface area contributed by atoms with Crippen molar-refractivity contribution in [2.24, 2.45) is 17.3 Å². The molecule has 1 saturated heterocycles. The molecule has 3 aromatic rings. The van der Waals surface area contributed by atoms with Gasteiger partial charge in [0, 0.05) is 5.41 Å². The van der Waals surface area contributed by atoms with Crippen molar-refractivity contribution in [1.82, 2.24) is 19.5 Å². The van der Waals surface area contributed by atoms with Gasteiger partial charge in [-0.3, -0.25) is 4.57 Å². The van der Waals surface area contributed by atoms with E-state index in [0.29, 0.717) is 29.9 Å². The molecule has 0 unspecified atom stereocenters. The Kier molecular flexibility index (Phi) is 6.09. The minimum absolute atomic E-state index is 0.124. The summed E-state index contributed by atoms with van der Waals surface area (Å²) in [5, 5.41) is 52.9. The molecule has 0 spiro atoms. The molecule has 2 saturated carbocycles. The summed E-state index contributed by atoms with van der Waals surface area (Å²) < 4.78 is 7.26. The number of anilines is 1. The summed E-state index contributed by atoms with van der Waals surface area (Å²) in [7, 11) is 0. The molecule has 11 nitrogen and oxygen atoms in total. The molecule has 0 radical (unpaired) electrons. The zero-order valence-corrected chi connectivity index (χ0v) is 22.8. The number of benzene rings is 1. The maximum absolute atomic E-state index is 12.1. The molecule has 3 aliphatic carbocycles. The van der Waals surface area contributed by atoms with Gasteiger partial charge in [0.2, 0.25) is 0 Å². The maximum Gasteiger partial charge on any atom is 0.190 e. The monoisotopic (exact) mass is 561 g/mol. The number of rotatable bonds is 2. The van der Waals surface area contributed by atoms with Crippen molar-refractivity contribution in [1.29, 1.82) is 0 Å². The molecule has 9 atom stereocenters. The molecule has 4 aliphatic rings. The van der Waals surface area contributed by atoms with Crippen LogP contribution in [0.25, 0.3) is 11.2 Å². The predicted molar refractivity (Wildman–Crippen MR) is 147 cm³/mol. The van der Waals surface area contributed by atoms with Crippen molar-refractivity contribution in [2.75, 3.05) is 12.3 Å². The summed E-state index contributed by atoms with van der Waals surface area (Å²) in [6, 6.07) is 5.75. The average molecular weight is 562 g/mol. The Morgan fingerprint density at radius 3 is 2.76 bits per heavy atom. The van der Waals surface area contributed by atoms with Crippen LogP contribution in [-0.2, 0) is 11.2 Å². The number of hydrogen-bond donors (Lipinski definition) is 6. The van der Waals surface area contributed by atoms with Gasteiger partial charge in [-0.2, -0.15) is 0 Å². The van der Waals surface area contributed by atoms with Crippen molar-refractivity contribution in [2.45, 2.75) is 81.5 Å². The number of nitrogens with two attached hydrogens (primary N) is 1. The van der Waals surface area contributed by atoms with E-state index in [0.717, 1.165) is 32.1 Å². The van der Waals surface area contributed by atoms with E-state index in [1.807, 2.05) is 6.07 Å². The van der Waals surface area contributed by atoms with Crippen LogP contribution < -0.4 is 5.73 Å². The Morgan fingerprint density at radius 1 is 1.15 bits per heavy atom. The first-order valence-corrected chi connectivity index (χ1v) is 14.3. The summed E-state index contributed by atoms with van der Waals surface area (Å²) in [6.45, 7) is 1.67. The number of nitrogens with zero attached hydrogens (tertiary/aromatic N) is 4. The minimum atomic E-state index is -1.37. The smallest absolute Gasteiger partial charge is 0.190 e. The van der Waals surface area contributed by atoms with Gasteiger partial charge in [0.15, 0.2) is 29.0 Å². The number of fused-ring (bicyclic) bond motifs is 6. The number of hydrogen-bond acceptors (Lipinski definition) is 10. The Hall–Kier alpha value is -3.27. The quantitative estimate of drug-likeness (QED) is 0.250. The summed E-state index contributed by atoms with van der Waals surface area (Å²) in [5.74, 6) is 7.99. The number of aromatic nitrogens is 4. The Labute approximate surface area is 237 Å². The average Bonchev–Trinajstić information content (AvgIpc) is 3.56. The number of ether oxygens (including phenoxy) is 1. The van der Waals surface area contributed by atoms with Crippen LogP contribution in [-0.4, -0.2) is 75.6 Å². The molecule has 3 heterocycles. The third-order valence-electron chi connectivity index (χ3n) is 10.5. The predicted octanol–water partition coefficient (Wildman–Crippen LogP) is 1.36. The van der Waals surface area contributed by atoms with E-state index in [9.17, 15) is 25.5 Å². The Bertz CT molecular complexity index is 1580. The van der Waals surface area contributed by atoms with E-state index >= 15 is 0 Å². The first kappa shape index (κ1) is 26.6. The van der Waals surface area contributed by atoms with E-state index < -0.39 is 42.2 Å². The Morgan fingerprint density at radius 2 is 1.98 bits per heavy atom. The third-order valence-corrected chi connectivity index (χ3v) is 10.5. The van der Waals surface area contributed by atoms with Gasteiger partial charge >= 0.3 is 0 Å². The number of aryl methyl sites for hydroxylation is 1. The lowest BCUT2D eigenvalue weighted by atomic mass is 9.53. The number of aliphatic hydroxyl groups is 4. The highest BCUT2D eigenvalue weighted by molar-refractivity contribution is 5.82. The number of nitrogen functional groups attached to an aromatic ring is 1. The molecule has 7 N–H and O–H groups in total. The summed E-state index contributed by atoms with van der Waals surface area (Å²) in [5.41, 5.74) is 7.49. The first-order valence-electron chi connectivity index (χ1n) is 14.3. The Balaban J connectivity index is 1.25. The largest absolute Gasteiger partial charge is 0.508 e. The zero-order valence-electron chi connectivity index (χ0n) is 22.8. The molecular weight excluding hydrogens is 526 g/mol. The lowest BCUT2D eigenvalue weighted by molar-refractivity contribution is -0.0648. The van der Waals surface area contributed by atoms with Crippen LogP contribution in [0.5, 0.6) is 5.75 Å². The molecule has 3 fully saturated rings. The van der Waals surface area contributed by atoms with E-state index in [1.54, 1.807) is 6.07 Å². The summed E-state index contributed by atoms with van der Waals surface area (Å²) in [6.07, 6.45) is 1.54. The van der Waals surface area contributed by atoms with Gasteiger partial charge in [-0.05, 0) is 85.5 Å². The minimum Gasteiger partial charge on any atom is -0.508 e. The number of aromatic hydroxyl groups is 1. The molecule has 11 heteroatoms. The first-order chi connectivity index (χ1) is 19.6.